The lowest BCUT2D eigenvalue weighted by Gasteiger charge is -2.13. The number of aryl methyl sites for hydroxylation is 1. The van der Waals surface area contributed by atoms with E-state index in [4.69, 9.17) is 4.74 Å². The van der Waals surface area contributed by atoms with Crippen LogP contribution in [0.4, 0.5) is 0 Å². The fraction of sp³-hybridized carbons (Fsp3) is 0.500. The molecule has 0 spiro atoms. The van der Waals surface area contributed by atoms with Crippen LogP contribution in [0, 0.1) is 0 Å². The number of nitrogens with zero attached hydrogens (tertiary/aromatic N) is 2. The van der Waals surface area contributed by atoms with E-state index in [9.17, 15) is 4.79 Å². The molecule has 5 heteroatoms. The summed E-state index contributed by atoms with van der Waals surface area (Å²) in [4.78, 5) is 11.2. The topological polar surface area (TPSA) is 56.2 Å². The third kappa shape index (κ3) is 1.37. The maximum atomic E-state index is 11.2. The number of carbonyl (C=O) groups excluding carboxylic acids is 1. The Morgan fingerprint density at radius 1 is 1.77 bits per heavy atom. The van der Waals surface area contributed by atoms with E-state index in [1.165, 1.54) is 0 Å². The maximum Gasteiger partial charge on any atom is 0.271 e. The van der Waals surface area contributed by atoms with Crippen molar-refractivity contribution in [1.82, 2.24) is 15.1 Å². The molecule has 1 aliphatic rings. The SMILES string of the molecule is CNC(=O)c1cc2n(n1)CCCO2. The van der Waals surface area contributed by atoms with Gasteiger partial charge in [-0.25, -0.2) is 4.68 Å². The normalized spacial score (nSPS) is 14.5. The van der Waals surface area contributed by atoms with E-state index >= 15 is 0 Å². The summed E-state index contributed by atoms with van der Waals surface area (Å²) in [5.74, 6) is 0.510. The van der Waals surface area contributed by atoms with Crippen molar-refractivity contribution in [1.29, 1.82) is 0 Å². The first-order valence-electron chi connectivity index (χ1n) is 4.24. The molecule has 1 aliphatic heterocycles. The molecular formula is C8H11N3O2. The molecule has 0 atom stereocenters. The Hall–Kier alpha value is -1.52. The summed E-state index contributed by atoms with van der Waals surface area (Å²) in [6, 6.07) is 1.66. The van der Waals surface area contributed by atoms with Crippen molar-refractivity contribution in [2.45, 2.75) is 13.0 Å². The molecule has 0 aromatic carbocycles. The van der Waals surface area contributed by atoms with Crippen LogP contribution < -0.4 is 10.1 Å². The third-order valence-corrected chi connectivity index (χ3v) is 1.97. The van der Waals surface area contributed by atoms with Gasteiger partial charge >= 0.3 is 0 Å². The van der Waals surface area contributed by atoms with Crippen LogP contribution in [0.25, 0.3) is 0 Å². The number of aromatic nitrogens is 2. The summed E-state index contributed by atoms with van der Waals surface area (Å²) < 4.78 is 7.04. The minimum absolute atomic E-state index is 0.175. The first kappa shape index (κ1) is 8.10. The first-order chi connectivity index (χ1) is 6.31. The number of ether oxygens (including phenoxy) is 1. The number of nitrogens with one attached hydrogen (secondary N) is 1. The Morgan fingerprint density at radius 2 is 2.62 bits per heavy atom. The first-order valence-corrected chi connectivity index (χ1v) is 4.24. The predicted octanol–water partition coefficient (Wildman–Crippen LogP) is 0.0252. The number of amides is 1. The molecular weight excluding hydrogens is 170 g/mol. The molecule has 1 aromatic heterocycles. The average Bonchev–Trinajstić information content (AvgIpc) is 2.59. The molecule has 1 amide bonds. The Labute approximate surface area is 75.7 Å². The van der Waals surface area contributed by atoms with E-state index in [0.717, 1.165) is 13.0 Å². The molecule has 5 nitrogen and oxygen atoms in total. The second-order valence-electron chi connectivity index (χ2n) is 2.87. The lowest BCUT2D eigenvalue weighted by Crippen LogP contribution is -2.19. The van der Waals surface area contributed by atoms with Crippen molar-refractivity contribution in [3.8, 4) is 5.88 Å². The lowest BCUT2D eigenvalue weighted by molar-refractivity contribution is 0.0957. The summed E-state index contributed by atoms with van der Waals surface area (Å²) in [6.07, 6.45) is 0.946. The summed E-state index contributed by atoms with van der Waals surface area (Å²) in [5.41, 5.74) is 0.416. The van der Waals surface area contributed by atoms with E-state index in [0.29, 0.717) is 18.2 Å². The molecule has 0 aliphatic carbocycles. The van der Waals surface area contributed by atoms with Crippen molar-refractivity contribution in [2.24, 2.45) is 0 Å². The fourth-order valence-electron chi connectivity index (χ4n) is 1.31. The molecule has 0 unspecified atom stereocenters. The van der Waals surface area contributed by atoms with Gasteiger partial charge in [-0.3, -0.25) is 4.79 Å². The second-order valence-corrected chi connectivity index (χ2v) is 2.87. The zero-order valence-corrected chi connectivity index (χ0v) is 7.41. The minimum Gasteiger partial charge on any atom is -0.478 e. The summed E-state index contributed by atoms with van der Waals surface area (Å²) >= 11 is 0. The molecule has 1 N–H and O–H groups in total. The van der Waals surface area contributed by atoms with Gasteiger partial charge in [-0.1, -0.05) is 0 Å². The molecule has 2 heterocycles. The quantitative estimate of drug-likeness (QED) is 0.664. The van der Waals surface area contributed by atoms with Crippen LogP contribution in [0.2, 0.25) is 0 Å². The van der Waals surface area contributed by atoms with Crippen LogP contribution in [0.3, 0.4) is 0 Å². The number of hydrogen-bond donors (Lipinski definition) is 1. The highest BCUT2D eigenvalue weighted by Crippen LogP contribution is 2.17. The Balaban J connectivity index is 2.30. The second kappa shape index (κ2) is 3.08. The molecule has 1 aromatic rings. The van der Waals surface area contributed by atoms with Gasteiger partial charge in [0.2, 0.25) is 5.88 Å². The highest BCUT2D eigenvalue weighted by atomic mass is 16.5. The molecule has 0 radical (unpaired) electrons. The number of hydrogen-bond acceptors (Lipinski definition) is 3. The van der Waals surface area contributed by atoms with Crippen molar-refractivity contribution >= 4 is 5.91 Å². The van der Waals surface area contributed by atoms with Crippen LogP contribution in [-0.2, 0) is 6.54 Å². The smallest absolute Gasteiger partial charge is 0.271 e. The lowest BCUT2D eigenvalue weighted by atomic mass is 10.4. The van der Waals surface area contributed by atoms with Gasteiger partial charge in [0.25, 0.3) is 5.91 Å². The van der Waals surface area contributed by atoms with Gasteiger partial charge in [0.05, 0.1) is 6.61 Å². The third-order valence-electron chi connectivity index (χ3n) is 1.97. The maximum absolute atomic E-state index is 11.2. The highest BCUT2D eigenvalue weighted by molar-refractivity contribution is 5.92. The highest BCUT2D eigenvalue weighted by Gasteiger charge is 2.16. The minimum atomic E-state index is -0.175. The molecule has 2 rings (SSSR count). The van der Waals surface area contributed by atoms with Gasteiger partial charge in [0.15, 0.2) is 5.69 Å². The van der Waals surface area contributed by atoms with Crippen LogP contribution in [0.5, 0.6) is 5.88 Å². The van der Waals surface area contributed by atoms with E-state index in [-0.39, 0.29) is 5.91 Å². The van der Waals surface area contributed by atoms with Crippen LogP contribution >= 0.6 is 0 Å². The van der Waals surface area contributed by atoms with Crippen molar-refractivity contribution < 1.29 is 9.53 Å². The fourth-order valence-corrected chi connectivity index (χ4v) is 1.31. The Kier molecular flexibility index (Phi) is 1.92. The molecule has 0 fully saturated rings. The van der Waals surface area contributed by atoms with Gasteiger partial charge in [-0.15, -0.1) is 0 Å². The van der Waals surface area contributed by atoms with E-state index in [2.05, 4.69) is 10.4 Å². The molecule has 70 valence electrons. The average molecular weight is 181 g/mol. The number of carbonyl (C=O) groups is 1. The molecule has 13 heavy (non-hydrogen) atoms. The summed E-state index contributed by atoms with van der Waals surface area (Å²) in [7, 11) is 1.58. The van der Waals surface area contributed by atoms with Gasteiger partial charge in [0.1, 0.15) is 0 Å². The predicted molar refractivity (Wildman–Crippen MR) is 45.7 cm³/mol. The molecule has 0 bridgehead atoms. The van der Waals surface area contributed by atoms with E-state index < -0.39 is 0 Å². The molecule has 0 saturated carbocycles. The van der Waals surface area contributed by atoms with Crippen molar-refractivity contribution in [3.63, 3.8) is 0 Å². The van der Waals surface area contributed by atoms with Gasteiger partial charge in [0, 0.05) is 26.1 Å². The Morgan fingerprint density at radius 3 is 3.31 bits per heavy atom. The van der Waals surface area contributed by atoms with E-state index in [1.54, 1.807) is 17.8 Å². The Bertz CT molecular complexity index is 309. The van der Waals surface area contributed by atoms with Crippen LogP contribution in [-0.4, -0.2) is 29.3 Å². The van der Waals surface area contributed by atoms with Gasteiger partial charge < -0.3 is 10.1 Å². The van der Waals surface area contributed by atoms with Gasteiger partial charge in [-0.2, -0.15) is 5.10 Å². The van der Waals surface area contributed by atoms with Crippen LogP contribution in [0.15, 0.2) is 6.07 Å². The summed E-state index contributed by atoms with van der Waals surface area (Å²) in [5, 5.41) is 6.62. The van der Waals surface area contributed by atoms with Crippen LogP contribution in [0.1, 0.15) is 16.9 Å². The van der Waals surface area contributed by atoms with E-state index in [1.807, 2.05) is 0 Å². The monoisotopic (exact) mass is 181 g/mol. The zero-order valence-electron chi connectivity index (χ0n) is 7.41. The van der Waals surface area contributed by atoms with Crippen molar-refractivity contribution in [3.05, 3.63) is 11.8 Å². The zero-order chi connectivity index (χ0) is 9.26. The number of rotatable bonds is 1. The summed E-state index contributed by atoms with van der Waals surface area (Å²) in [6.45, 7) is 1.53. The van der Waals surface area contributed by atoms with Crippen molar-refractivity contribution in [2.75, 3.05) is 13.7 Å². The standard InChI is InChI=1S/C8H11N3O2/c1-9-8(12)6-5-7-11(10-6)3-2-4-13-7/h5H,2-4H2,1H3,(H,9,12). The molecule has 0 saturated heterocycles. The number of fused-ring (bicyclic) bond motifs is 1. The largest absolute Gasteiger partial charge is 0.478 e. The van der Waals surface area contributed by atoms with Gasteiger partial charge in [-0.05, 0) is 0 Å².